The second kappa shape index (κ2) is 5.99. The van der Waals surface area contributed by atoms with Crippen LogP contribution in [0, 0.1) is 5.92 Å². The number of piperidine rings is 1. The lowest BCUT2D eigenvalue weighted by atomic mass is 9.96. The van der Waals surface area contributed by atoms with Gasteiger partial charge in [0.2, 0.25) is 0 Å². The van der Waals surface area contributed by atoms with Crippen LogP contribution in [0.1, 0.15) is 32.6 Å². The van der Waals surface area contributed by atoms with Gasteiger partial charge in [-0.3, -0.25) is 0 Å². The quantitative estimate of drug-likeness (QED) is 0.789. The standard InChI is InChI=1S/C13H26N2O/c1-11-3-4-13(9-14-11)15(2)10-12-5-7-16-8-6-12/h11-14H,3-10H2,1-2H3. The first-order valence-corrected chi connectivity index (χ1v) is 6.77. The van der Waals surface area contributed by atoms with Gasteiger partial charge < -0.3 is 15.0 Å². The maximum atomic E-state index is 5.41. The van der Waals surface area contributed by atoms with Crippen molar-refractivity contribution in [2.45, 2.75) is 44.7 Å². The summed E-state index contributed by atoms with van der Waals surface area (Å²) in [6, 6.07) is 1.46. The average molecular weight is 226 g/mol. The van der Waals surface area contributed by atoms with Crippen LogP contribution >= 0.6 is 0 Å². The minimum atomic E-state index is 0.715. The number of rotatable bonds is 3. The Kier molecular flexibility index (Phi) is 4.62. The third-order valence-electron chi connectivity index (χ3n) is 4.15. The van der Waals surface area contributed by atoms with E-state index in [1.54, 1.807) is 0 Å². The molecular weight excluding hydrogens is 200 g/mol. The van der Waals surface area contributed by atoms with E-state index in [9.17, 15) is 0 Å². The molecule has 2 atom stereocenters. The molecule has 0 bridgehead atoms. The average Bonchev–Trinajstić information content (AvgIpc) is 2.31. The SMILES string of the molecule is CC1CCC(N(C)CC2CCOCC2)CN1. The van der Waals surface area contributed by atoms with Crippen molar-refractivity contribution in [1.82, 2.24) is 10.2 Å². The lowest BCUT2D eigenvalue weighted by molar-refractivity contribution is 0.0476. The summed E-state index contributed by atoms with van der Waals surface area (Å²) in [6.07, 6.45) is 5.18. The van der Waals surface area contributed by atoms with Crippen LogP contribution in [0.15, 0.2) is 0 Å². The van der Waals surface area contributed by atoms with Crippen molar-refractivity contribution in [2.24, 2.45) is 5.92 Å². The van der Waals surface area contributed by atoms with E-state index in [1.165, 1.54) is 38.8 Å². The molecule has 0 aliphatic carbocycles. The van der Waals surface area contributed by atoms with Crippen LogP contribution in [0.3, 0.4) is 0 Å². The first-order valence-electron chi connectivity index (χ1n) is 6.77. The van der Waals surface area contributed by atoms with Gasteiger partial charge >= 0.3 is 0 Å². The van der Waals surface area contributed by atoms with Crippen molar-refractivity contribution >= 4 is 0 Å². The van der Waals surface area contributed by atoms with Gasteiger partial charge in [0, 0.05) is 38.4 Å². The van der Waals surface area contributed by atoms with E-state index < -0.39 is 0 Å². The molecule has 0 saturated carbocycles. The third-order valence-corrected chi connectivity index (χ3v) is 4.15. The Morgan fingerprint density at radius 1 is 1.19 bits per heavy atom. The molecule has 2 rings (SSSR count). The van der Waals surface area contributed by atoms with Crippen LogP contribution in [0.2, 0.25) is 0 Å². The van der Waals surface area contributed by atoms with Crippen molar-refractivity contribution in [2.75, 3.05) is 33.4 Å². The highest BCUT2D eigenvalue weighted by Crippen LogP contribution is 2.19. The second-order valence-electron chi connectivity index (χ2n) is 5.54. The van der Waals surface area contributed by atoms with Crippen LogP contribution in [-0.2, 0) is 4.74 Å². The van der Waals surface area contributed by atoms with Crippen LogP contribution < -0.4 is 5.32 Å². The number of ether oxygens (including phenoxy) is 1. The van der Waals surface area contributed by atoms with Crippen molar-refractivity contribution in [3.05, 3.63) is 0 Å². The molecule has 2 fully saturated rings. The zero-order valence-electron chi connectivity index (χ0n) is 10.7. The second-order valence-corrected chi connectivity index (χ2v) is 5.54. The van der Waals surface area contributed by atoms with E-state index in [2.05, 4.69) is 24.2 Å². The van der Waals surface area contributed by atoms with Crippen LogP contribution in [0.25, 0.3) is 0 Å². The highest BCUT2D eigenvalue weighted by Gasteiger charge is 2.23. The van der Waals surface area contributed by atoms with E-state index in [1.807, 2.05) is 0 Å². The number of nitrogens with zero attached hydrogens (tertiary/aromatic N) is 1. The Labute approximate surface area is 99.5 Å². The molecule has 0 spiro atoms. The Morgan fingerprint density at radius 3 is 2.56 bits per heavy atom. The van der Waals surface area contributed by atoms with Crippen molar-refractivity contribution in [3.8, 4) is 0 Å². The molecule has 0 aromatic heterocycles. The first-order chi connectivity index (χ1) is 7.75. The van der Waals surface area contributed by atoms with Gasteiger partial charge in [0.25, 0.3) is 0 Å². The summed E-state index contributed by atoms with van der Waals surface area (Å²) in [5.74, 6) is 0.859. The van der Waals surface area contributed by atoms with Gasteiger partial charge in [-0.1, -0.05) is 0 Å². The van der Waals surface area contributed by atoms with Crippen LogP contribution in [-0.4, -0.2) is 50.3 Å². The minimum absolute atomic E-state index is 0.715. The Bertz CT molecular complexity index is 196. The Morgan fingerprint density at radius 2 is 1.94 bits per heavy atom. The van der Waals surface area contributed by atoms with Crippen LogP contribution in [0.4, 0.5) is 0 Å². The van der Waals surface area contributed by atoms with E-state index in [-0.39, 0.29) is 0 Å². The van der Waals surface area contributed by atoms with Gasteiger partial charge in [-0.15, -0.1) is 0 Å². The summed E-state index contributed by atoms with van der Waals surface area (Å²) < 4.78 is 5.41. The number of hydrogen-bond donors (Lipinski definition) is 1. The fraction of sp³-hybridized carbons (Fsp3) is 1.00. The van der Waals surface area contributed by atoms with Gasteiger partial charge in [-0.25, -0.2) is 0 Å². The molecule has 1 N–H and O–H groups in total. The maximum Gasteiger partial charge on any atom is 0.0469 e. The monoisotopic (exact) mass is 226 g/mol. The third kappa shape index (κ3) is 3.44. The molecule has 3 heteroatoms. The summed E-state index contributed by atoms with van der Waals surface area (Å²) in [5.41, 5.74) is 0. The number of hydrogen-bond acceptors (Lipinski definition) is 3. The fourth-order valence-corrected chi connectivity index (χ4v) is 2.85. The lowest BCUT2D eigenvalue weighted by Crippen LogP contribution is -2.48. The van der Waals surface area contributed by atoms with Gasteiger partial charge in [0.15, 0.2) is 0 Å². The molecule has 2 saturated heterocycles. The zero-order valence-corrected chi connectivity index (χ0v) is 10.7. The molecule has 94 valence electrons. The molecule has 2 aliphatic heterocycles. The molecule has 0 amide bonds. The summed E-state index contributed by atoms with van der Waals surface area (Å²) >= 11 is 0. The van der Waals surface area contributed by atoms with Gasteiger partial charge in [-0.05, 0) is 45.6 Å². The fourth-order valence-electron chi connectivity index (χ4n) is 2.85. The Hall–Kier alpha value is -0.120. The number of likely N-dealkylation sites (N-methyl/N-ethyl adjacent to an activating group) is 1. The summed E-state index contributed by atoms with van der Waals surface area (Å²) in [6.45, 7) is 6.65. The van der Waals surface area contributed by atoms with Gasteiger partial charge in [0.05, 0.1) is 0 Å². The normalized spacial score (nSPS) is 33.2. The van der Waals surface area contributed by atoms with Crippen molar-refractivity contribution < 1.29 is 4.74 Å². The zero-order chi connectivity index (χ0) is 11.4. The predicted octanol–water partition coefficient (Wildman–Crippen LogP) is 1.49. The largest absolute Gasteiger partial charge is 0.381 e. The Balaban J connectivity index is 1.72. The number of nitrogens with one attached hydrogen (secondary N) is 1. The molecule has 0 aromatic carbocycles. The van der Waals surface area contributed by atoms with E-state index in [0.717, 1.165) is 25.2 Å². The first kappa shape index (κ1) is 12.3. The molecule has 2 aliphatic rings. The van der Waals surface area contributed by atoms with Crippen molar-refractivity contribution in [1.29, 1.82) is 0 Å². The van der Waals surface area contributed by atoms with E-state index in [0.29, 0.717) is 6.04 Å². The molecule has 3 nitrogen and oxygen atoms in total. The molecule has 2 heterocycles. The summed E-state index contributed by atoms with van der Waals surface area (Å²) in [7, 11) is 2.29. The molecule has 0 radical (unpaired) electrons. The highest BCUT2D eigenvalue weighted by molar-refractivity contribution is 4.81. The van der Waals surface area contributed by atoms with E-state index in [4.69, 9.17) is 4.74 Å². The minimum Gasteiger partial charge on any atom is -0.381 e. The molecular formula is C13H26N2O. The topological polar surface area (TPSA) is 24.5 Å². The summed E-state index contributed by atoms with van der Waals surface area (Å²) in [5, 5.41) is 3.58. The van der Waals surface area contributed by atoms with Crippen LogP contribution in [0.5, 0.6) is 0 Å². The highest BCUT2D eigenvalue weighted by atomic mass is 16.5. The molecule has 16 heavy (non-hydrogen) atoms. The smallest absolute Gasteiger partial charge is 0.0469 e. The van der Waals surface area contributed by atoms with Gasteiger partial charge in [-0.2, -0.15) is 0 Å². The van der Waals surface area contributed by atoms with E-state index >= 15 is 0 Å². The molecule has 2 unspecified atom stereocenters. The molecule has 0 aromatic rings. The van der Waals surface area contributed by atoms with Gasteiger partial charge in [0.1, 0.15) is 0 Å². The maximum absolute atomic E-state index is 5.41. The van der Waals surface area contributed by atoms with Crippen molar-refractivity contribution in [3.63, 3.8) is 0 Å². The lowest BCUT2D eigenvalue weighted by Gasteiger charge is -2.37. The summed E-state index contributed by atoms with van der Waals surface area (Å²) in [4.78, 5) is 2.56. The predicted molar refractivity (Wildman–Crippen MR) is 66.7 cm³/mol.